The quantitative estimate of drug-likeness (QED) is 0.175. The third-order valence-corrected chi connectivity index (χ3v) is 4.98. The minimum Gasteiger partial charge on any atom is -0.450 e. The predicted octanol–water partition coefficient (Wildman–Crippen LogP) is 6.57. The van der Waals surface area contributed by atoms with Gasteiger partial charge in [-0.1, -0.05) is 30.7 Å². The number of nitrogens with zero attached hydrogens (tertiary/aromatic N) is 2. The van der Waals surface area contributed by atoms with E-state index in [9.17, 15) is 18.0 Å². The number of imidazole rings is 1. The molecule has 0 aliphatic rings. The molecule has 200 valence electrons. The van der Waals surface area contributed by atoms with Crippen LogP contribution in [0.2, 0.25) is 0 Å². The fourth-order valence-electron chi connectivity index (χ4n) is 3.37. The fraction of sp³-hybridized carbons (Fsp3) is 0.172. The van der Waals surface area contributed by atoms with E-state index in [0.717, 1.165) is 23.4 Å². The first kappa shape index (κ1) is 31.5. The zero-order chi connectivity index (χ0) is 28.7. The zero-order valence-electron chi connectivity index (χ0n) is 21.5. The molecule has 0 amide bonds. The Morgan fingerprint density at radius 3 is 2.26 bits per heavy atom. The molecule has 1 aromatic heterocycles. The summed E-state index contributed by atoms with van der Waals surface area (Å²) in [5, 5.41) is 3.17. The number of rotatable bonds is 5. The molecule has 0 fully saturated rings. The highest BCUT2D eigenvalue weighted by molar-refractivity contribution is 5.81. The summed E-state index contributed by atoms with van der Waals surface area (Å²) in [6, 6.07) is 18.0. The van der Waals surface area contributed by atoms with Gasteiger partial charge in [0, 0.05) is 11.3 Å². The average molecular weight is 525 g/mol. The minimum atomic E-state index is -4.44. The van der Waals surface area contributed by atoms with E-state index in [1.54, 1.807) is 34.9 Å². The molecule has 38 heavy (non-hydrogen) atoms. The van der Waals surface area contributed by atoms with Crippen molar-refractivity contribution in [3.05, 3.63) is 102 Å². The highest BCUT2D eigenvalue weighted by Gasteiger charge is 2.33. The van der Waals surface area contributed by atoms with Gasteiger partial charge < -0.3 is 20.4 Å². The summed E-state index contributed by atoms with van der Waals surface area (Å²) in [4.78, 5) is 15.5. The molecule has 0 saturated carbocycles. The van der Waals surface area contributed by atoms with Gasteiger partial charge >= 0.3 is 6.18 Å². The molecule has 0 spiro atoms. The molecule has 0 bridgehead atoms. The zero-order valence-corrected chi connectivity index (χ0v) is 21.5. The summed E-state index contributed by atoms with van der Waals surface area (Å²) in [5.74, 6) is 0.423. The largest absolute Gasteiger partial charge is 0.450 e. The molecule has 3 N–H and O–H groups in total. The predicted molar refractivity (Wildman–Crippen MR) is 147 cm³/mol. The van der Waals surface area contributed by atoms with Gasteiger partial charge in [0.2, 0.25) is 5.95 Å². The van der Waals surface area contributed by atoms with Gasteiger partial charge in [-0.25, -0.2) is 4.98 Å². The molecule has 0 unspecified atom stereocenters. The number of carbonyl (C=O) groups is 1. The normalized spacial score (nSPS) is 9.84. The number of halogens is 3. The number of fused-ring (bicyclic) bond motifs is 1. The van der Waals surface area contributed by atoms with E-state index in [1.165, 1.54) is 26.3 Å². The molecule has 0 radical (unpaired) electrons. The van der Waals surface area contributed by atoms with Crippen LogP contribution in [0.25, 0.3) is 11.0 Å². The Labute approximate surface area is 221 Å². The maximum absolute atomic E-state index is 13.5. The van der Waals surface area contributed by atoms with Crippen LogP contribution in [0.1, 0.15) is 27.0 Å². The van der Waals surface area contributed by atoms with Crippen molar-refractivity contribution in [1.29, 1.82) is 0 Å². The van der Waals surface area contributed by atoms with Crippen molar-refractivity contribution in [1.82, 2.24) is 9.55 Å². The second kappa shape index (κ2) is 15.5. The Morgan fingerprint density at radius 2 is 1.71 bits per heavy atom. The van der Waals surface area contributed by atoms with Gasteiger partial charge in [-0.15, -0.1) is 13.2 Å². The summed E-state index contributed by atoms with van der Waals surface area (Å²) in [5.41, 5.74) is 7.62. The number of aldehydes is 1. The third-order valence-electron chi connectivity index (χ3n) is 4.98. The number of hydrogen-bond acceptors (Lipinski definition) is 5. The first-order valence-electron chi connectivity index (χ1n) is 11.3. The van der Waals surface area contributed by atoms with E-state index in [4.69, 9.17) is 0 Å². The Kier molecular flexibility index (Phi) is 12.9. The lowest BCUT2D eigenvalue weighted by Crippen LogP contribution is -2.12. The molecular weight excluding hydrogens is 493 g/mol. The second-order valence-corrected chi connectivity index (χ2v) is 7.36. The number of benzene rings is 3. The number of terminal acetylenes is 1. The number of hydrogen-bond donors (Lipinski definition) is 2. The molecule has 9 heteroatoms. The Morgan fingerprint density at radius 1 is 1.11 bits per heavy atom. The molecule has 4 aromatic rings. The number of nitrogens with one attached hydrogen (secondary N) is 1. The Bertz CT molecular complexity index is 1340. The summed E-state index contributed by atoms with van der Waals surface area (Å²) in [6.07, 6.45) is 2.79. The lowest BCUT2D eigenvalue weighted by Gasteiger charge is -2.16. The van der Waals surface area contributed by atoms with Crippen LogP contribution in [-0.2, 0) is 17.5 Å². The number of aryl methyl sites for hydroxylation is 1. The Hall–Kier alpha value is -4.55. The number of ether oxygens (including phenoxy) is 1. The van der Waals surface area contributed by atoms with Crippen molar-refractivity contribution in [3.8, 4) is 12.5 Å². The SMILES string of the molecule is C#COC.C=C.CN.Cc1ccc2c(c1)nc(Nc1ccc(C=O)cc1)n2Cc1ccccc1C(F)(F)F. The molecule has 3 aromatic carbocycles. The van der Waals surface area contributed by atoms with Gasteiger partial charge in [-0.2, -0.15) is 13.2 Å². The van der Waals surface area contributed by atoms with Crippen molar-refractivity contribution in [2.75, 3.05) is 19.5 Å². The van der Waals surface area contributed by atoms with Crippen LogP contribution < -0.4 is 11.1 Å². The molecule has 4 rings (SSSR count). The first-order chi connectivity index (χ1) is 18.3. The van der Waals surface area contributed by atoms with E-state index in [2.05, 4.69) is 40.4 Å². The number of methoxy groups -OCH3 is 1. The van der Waals surface area contributed by atoms with Gasteiger partial charge in [0.25, 0.3) is 0 Å². The second-order valence-electron chi connectivity index (χ2n) is 7.36. The molecule has 1 heterocycles. The van der Waals surface area contributed by atoms with Crippen molar-refractivity contribution in [3.63, 3.8) is 0 Å². The van der Waals surface area contributed by atoms with E-state index in [-0.39, 0.29) is 12.1 Å². The van der Waals surface area contributed by atoms with Crippen molar-refractivity contribution in [2.24, 2.45) is 5.73 Å². The maximum Gasteiger partial charge on any atom is 0.416 e. The Balaban J connectivity index is 0.000000811. The topological polar surface area (TPSA) is 82.2 Å². The summed E-state index contributed by atoms with van der Waals surface area (Å²) >= 11 is 0. The van der Waals surface area contributed by atoms with Crippen LogP contribution in [-0.4, -0.2) is 30.0 Å². The molecule has 6 nitrogen and oxygen atoms in total. The van der Waals surface area contributed by atoms with E-state index < -0.39 is 11.7 Å². The molecule has 0 aliphatic heterocycles. The summed E-state index contributed by atoms with van der Waals surface area (Å²) in [7, 11) is 2.94. The lowest BCUT2D eigenvalue weighted by atomic mass is 10.1. The van der Waals surface area contributed by atoms with E-state index in [0.29, 0.717) is 22.7 Å². The van der Waals surface area contributed by atoms with Crippen LogP contribution in [0.3, 0.4) is 0 Å². The summed E-state index contributed by atoms with van der Waals surface area (Å²) < 4.78 is 46.3. The van der Waals surface area contributed by atoms with Crippen LogP contribution in [0, 0.1) is 19.5 Å². The van der Waals surface area contributed by atoms with Gasteiger partial charge in [0.1, 0.15) is 12.4 Å². The smallest absolute Gasteiger partial charge is 0.416 e. The van der Waals surface area contributed by atoms with E-state index >= 15 is 0 Å². The minimum absolute atomic E-state index is 0.00397. The van der Waals surface area contributed by atoms with Gasteiger partial charge in [-0.05, 0) is 67.6 Å². The van der Waals surface area contributed by atoms with Crippen LogP contribution >= 0.6 is 0 Å². The number of alkyl halides is 3. The van der Waals surface area contributed by atoms with Crippen LogP contribution in [0.15, 0.2) is 79.9 Å². The monoisotopic (exact) mass is 524 g/mol. The summed E-state index contributed by atoms with van der Waals surface area (Å²) in [6.45, 7) is 7.94. The van der Waals surface area contributed by atoms with Crippen molar-refractivity contribution < 1.29 is 22.7 Å². The van der Waals surface area contributed by atoms with Crippen LogP contribution in [0.4, 0.5) is 24.8 Å². The fourth-order valence-corrected chi connectivity index (χ4v) is 3.37. The van der Waals surface area contributed by atoms with Crippen molar-refractivity contribution in [2.45, 2.75) is 19.6 Å². The number of anilines is 2. The highest BCUT2D eigenvalue weighted by atomic mass is 19.4. The van der Waals surface area contributed by atoms with Gasteiger partial charge in [-0.3, -0.25) is 4.79 Å². The molecular formula is C29H31F3N4O2. The maximum atomic E-state index is 13.5. The van der Waals surface area contributed by atoms with Gasteiger partial charge in [0.15, 0.2) is 0 Å². The van der Waals surface area contributed by atoms with Gasteiger partial charge in [0.05, 0.1) is 30.3 Å². The molecule has 0 saturated heterocycles. The van der Waals surface area contributed by atoms with Crippen molar-refractivity contribution >= 4 is 29.0 Å². The molecule has 0 atom stereocenters. The number of carbonyl (C=O) groups excluding carboxylic acids is 1. The highest BCUT2D eigenvalue weighted by Crippen LogP contribution is 2.33. The first-order valence-corrected chi connectivity index (χ1v) is 11.3. The number of aromatic nitrogens is 2. The molecule has 0 aliphatic carbocycles. The average Bonchev–Trinajstić information content (AvgIpc) is 3.26. The standard InChI is InChI=1S/C23H18F3N3O.C3H4O.C2H4.CH5N/c1-15-6-11-21-20(12-15)28-22(27-18-9-7-16(14-30)8-10-18)29(21)13-17-4-2-3-5-19(17)23(24,25)26;1-3-4-2;2*1-2/h2-12,14H,13H2,1H3,(H,27,28);1H,2H3;1-2H2;2H2,1H3. The van der Waals surface area contributed by atoms with E-state index in [1.807, 2.05) is 31.2 Å². The lowest BCUT2D eigenvalue weighted by molar-refractivity contribution is -0.138. The number of nitrogens with two attached hydrogens (primary N) is 1. The third kappa shape index (κ3) is 8.54. The van der Waals surface area contributed by atoms with Crippen LogP contribution in [0.5, 0.6) is 0 Å².